The Balaban J connectivity index is 2.67. The fourth-order valence-corrected chi connectivity index (χ4v) is 3.04. The van der Waals surface area contributed by atoms with Crippen LogP contribution in [0.5, 0.6) is 0 Å². The zero-order valence-electron chi connectivity index (χ0n) is 12.7. The van der Waals surface area contributed by atoms with Gasteiger partial charge in [0.25, 0.3) is 0 Å². The molecule has 1 fully saturated rings. The van der Waals surface area contributed by atoms with Crippen LogP contribution in [0.4, 0.5) is 0 Å². The first-order chi connectivity index (χ1) is 8.69. The number of ether oxygens (including phenoxy) is 1. The van der Waals surface area contributed by atoms with Gasteiger partial charge < -0.3 is 10.1 Å². The molecule has 2 nitrogen and oxygen atoms in total. The quantitative estimate of drug-likeness (QED) is 0.694. The smallest absolute Gasteiger partial charge is 0.0788 e. The first-order valence-electron chi connectivity index (χ1n) is 7.60. The Morgan fingerprint density at radius 1 is 1.28 bits per heavy atom. The van der Waals surface area contributed by atoms with Gasteiger partial charge in [-0.3, -0.25) is 0 Å². The fraction of sp³-hybridized carbons (Fsp3) is 0.875. The Labute approximate surface area is 113 Å². The number of methoxy groups -OCH3 is 1. The van der Waals surface area contributed by atoms with E-state index in [-0.39, 0.29) is 0 Å². The zero-order chi connectivity index (χ0) is 13.4. The minimum Gasteiger partial charge on any atom is -0.379 e. The average molecular weight is 253 g/mol. The third kappa shape index (κ3) is 5.11. The summed E-state index contributed by atoms with van der Waals surface area (Å²) in [5, 5.41) is 3.65. The van der Waals surface area contributed by atoms with E-state index in [1.807, 2.05) is 7.11 Å². The molecule has 0 aromatic heterocycles. The Hall–Kier alpha value is -0.340. The van der Waals surface area contributed by atoms with E-state index in [0.717, 1.165) is 12.5 Å². The largest absolute Gasteiger partial charge is 0.379 e. The van der Waals surface area contributed by atoms with E-state index in [9.17, 15) is 0 Å². The molecule has 1 saturated carbocycles. The van der Waals surface area contributed by atoms with Crippen molar-refractivity contribution in [1.82, 2.24) is 5.32 Å². The van der Waals surface area contributed by atoms with Crippen molar-refractivity contribution in [2.45, 2.75) is 71.4 Å². The van der Waals surface area contributed by atoms with E-state index in [4.69, 9.17) is 4.74 Å². The van der Waals surface area contributed by atoms with Gasteiger partial charge in [0.1, 0.15) is 0 Å². The summed E-state index contributed by atoms with van der Waals surface area (Å²) in [5.74, 6) is 0.730. The molecule has 2 unspecified atom stereocenters. The third-order valence-corrected chi connectivity index (χ3v) is 3.88. The van der Waals surface area contributed by atoms with Gasteiger partial charge in [-0.15, -0.1) is 0 Å². The zero-order valence-corrected chi connectivity index (χ0v) is 12.7. The topological polar surface area (TPSA) is 21.3 Å². The van der Waals surface area contributed by atoms with Crippen molar-refractivity contribution in [3.05, 3.63) is 11.6 Å². The maximum Gasteiger partial charge on any atom is 0.0788 e. The Morgan fingerprint density at radius 2 is 1.94 bits per heavy atom. The van der Waals surface area contributed by atoms with Crippen molar-refractivity contribution < 1.29 is 4.74 Å². The molecule has 1 aliphatic rings. The minimum atomic E-state index is 0.340. The van der Waals surface area contributed by atoms with Gasteiger partial charge in [-0.25, -0.2) is 0 Å². The molecule has 106 valence electrons. The maximum atomic E-state index is 5.84. The molecule has 0 bridgehead atoms. The van der Waals surface area contributed by atoms with Gasteiger partial charge in [-0.05, 0) is 45.6 Å². The third-order valence-electron chi connectivity index (χ3n) is 3.88. The van der Waals surface area contributed by atoms with E-state index in [1.165, 1.54) is 44.1 Å². The molecule has 0 amide bonds. The molecule has 1 rings (SSSR count). The van der Waals surface area contributed by atoms with Crippen molar-refractivity contribution in [2.75, 3.05) is 13.7 Å². The summed E-state index contributed by atoms with van der Waals surface area (Å²) in [5.41, 5.74) is 1.38. The average Bonchev–Trinajstić information content (AvgIpc) is 2.37. The van der Waals surface area contributed by atoms with Gasteiger partial charge >= 0.3 is 0 Å². The van der Waals surface area contributed by atoms with Crippen LogP contribution in [0.15, 0.2) is 11.6 Å². The molecule has 1 N–H and O–H groups in total. The van der Waals surface area contributed by atoms with Crippen LogP contribution in [-0.2, 0) is 4.74 Å². The molecule has 0 aromatic carbocycles. The highest BCUT2D eigenvalue weighted by atomic mass is 16.5. The van der Waals surface area contributed by atoms with Crippen LogP contribution in [0, 0.1) is 5.92 Å². The Bertz CT molecular complexity index is 239. The second kappa shape index (κ2) is 8.71. The standard InChI is InChI=1S/C16H31NO/c1-5-11-17-15(12-13(2)3)16(18-4)14-9-7-6-8-10-14/h12,14-17H,5-11H2,1-4H3. The molecule has 18 heavy (non-hydrogen) atoms. The van der Waals surface area contributed by atoms with Crippen molar-refractivity contribution in [3.63, 3.8) is 0 Å². The molecule has 2 atom stereocenters. The van der Waals surface area contributed by atoms with E-state index in [0.29, 0.717) is 12.1 Å². The van der Waals surface area contributed by atoms with Crippen LogP contribution in [0.2, 0.25) is 0 Å². The molecular formula is C16H31NO. The molecule has 0 saturated heterocycles. The summed E-state index contributed by atoms with van der Waals surface area (Å²) >= 11 is 0. The van der Waals surface area contributed by atoms with E-state index >= 15 is 0 Å². The van der Waals surface area contributed by atoms with Crippen LogP contribution in [0.3, 0.4) is 0 Å². The lowest BCUT2D eigenvalue weighted by Crippen LogP contribution is -2.44. The fourth-order valence-electron chi connectivity index (χ4n) is 3.04. The van der Waals surface area contributed by atoms with Gasteiger partial charge in [-0.2, -0.15) is 0 Å². The second-order valence-corrected chi connectivity index (χ2v) is 5.82. The first kappa shape index (κ1) is 15.7. The molecule has 0 aliphatic heterocycles. The lowest BCUT2D eigenvalue weighted by atomic mass is 9.82. The number of rotatable bonds is 7. The SMILES string of the molecule is CCCNC(C=C(C)C)C(OC)C1CCCCC1. The van der Waals surface area contributed by atoms with Gasteiger partial charge in [0, 0.05) is 7.11 Å². The van der Waals surface area contributed by atoms with E-state index in [1.54, 1.807) is 0 Å². The molecule has 0 heterocycles. The van der Waals surface area contributed by atoms with E-state index < -0.39 is 0 Å². The summed E-state index contributed by atoms with van der Waals surface area (Å²) in [6.45, 7) is 7.64. The summed E-state index contributed by atoms with van der Waals surface area (Å²) in [4.78, 5) is 0. The number of hydrogen-bond acceptors (Lipinski definition) is 2. The summed E-state index contributed by atoms with van der Waals surface area (Å²) in [7, 11) is 1.87. The Morgan fingerprint density at radius 3 is 2.44 bits per heavy atom. The molecule has 0 radical (unpaired) electrons. The van der Waals surface area contributed by atoms with Gasteiger partial charge in [0.15, 0.2) is 0 Å². The second-order valence-electron chi connectivity index (χ2n) is 5.82. The molecule has 2 heteroatoms. The highest BCUT2D eigenvalue weighted by Gasteiger charge is 2.29. The molecular weight excluding hydrogens is 222 g/mol. The summed E-state index contributed by atoms with van der Waals surface area (Å²) in [6.07, 6.45) is 10.7. The lowest BCUT2D eigenvalue weighted by Gasteiger charge is -2.34. The normalized spacial score (nSPS) is 20.4. The monoisotopic (exact) mass is 253 g/mol. The van der Waals surface area contributed by atoms with Crippen LogP contribution < -0.4 is 5.32 Å². The highest BCUT2D eigenvalue weighted by Crippen LogP contribution is 2.29. The Kier molecular flexibility index (Phi) is 7.60. The number of nitrogens with one attached hydrogen (secondary N) is 1. The number of hydrogen-bond donors (Lipinski definition) is 1. The predicted molar refractivity (Wildman–Crippen MR) is 78.9 cm³/mol. The summed E-state index contributed by atoms with van der Waals surface area (Å²) < 4.78 is 5.84. The number of allylic oxidation sites excluding steroid dienone is 1. The van der Waals surface area contributed by atoms with Crippen LogP contribution >= 0.6 is 0 Å². The van der Waals surface area contributed by atoms with Gasteiger partial charge in [-0.1, -0.05) is 37.8 Å². The van der Waals surface area contributed by atoms with Crippen molar-refractivity contribution in [2.24, 2.45) is 5.92 Å². The van der Waals surface area contributed by atoms with E-state index in [2.05, 4.69) is 32.2 Å². The first-order valence-corrected chi connectivity index (χ1v) is 7.60. The minimum absolute atomic E-state index is 0.340. The van der Waals surface area contributed by atoms with Crippen molar-refractivity contribution >= 4 is 0 Å². The summed E-state index contributed by atoms with van der Waals surface area (Å²) in [6, 6.07) is 0.378. The molecule has 1 aliphatic carbocycles. The molecule has 0 spiro atoms. The molecule has 0 aromatic rings. The van der Waals surface area contributed by atoms with Crippen molar-refractivity contribution in [3.8, 4) is 0 Å². The maximum absolute atomic E-state index is 5.84. The van der Waals surface area contributed by atoms with Gasteiger partial charge in [0.2, 0.25) is 0 Å². The highest BCUT2D eigenvalue weighted by molar-refractivity contribution is 5.05. The van der Waals surface area contributed by atoms with Crippen molar-refractivity contribution in [1.29, 1.82) is 0 Å². The predicted octanol–water partition coefficient (Wildman–Crippen LogP) is 3.92. The lowest BCUT2D eigenvalue weighted by molar-refractivity contribution is 0.0195. The van der Waals surface area contributed by atoms with Gasteiger partial charge in [0.05, 0.1) is 12.1 Å². The van der Waals surface area contributed by atoms with Crippen LogP contribution in [0.25, 0.3) is 0 Å². The van der Waals surface area contributed by atoms with Crippen LogP contribution in [-0.4, -0.2) is 25.8 Å². The van der Waals surface area contributed by atoms with Crippen LogP contribution in [0.1, 0.15) is 59.3 Å².